The van der Waals surface area contributed by atoms with E-state index in [0.29, 0.717) is 4.47 Å². The monoisotopic (exact) mass is 365 g/mol. The van der Waals surface area contributed by atoms with Crippen LogP contribution in [0.3, 0.4) is 0 Å². The van der Waals surface area contributed by atoms with E-state index in [4.69, 9.17) is 21.1 Å². The Hall–Kier alpha value is -1.02. The van der Waals surface area contributed by atoms with Gasteiger partial charge >= 0.3 is 0 Å². The maximum atomic E-state index is 12.0. The molecular formula is C11H9BrClNO4S. The summed E-state index contributed by atoms with van der Waals surface area (Å²) in [7, 11) is -3.87. The van der Waals surface area contributed by atoms with Crippen LogP contribution >= 0.6 is 27.5 Å². The van der Waals surface area contributed by atoms with Gasteiger partial charge < -0.3 is 9.52 Å². The number of hydrogen-bond donors (Lipinski definition) is 2. The number of nitrogens with one attached hydrogen (secondary N) is 1. The minimum atomic E-state index is -3.87. The van der Waals surface area contributed by atoms with Gasteiger partial charge in [0.15, 0.2) is 0 Å². The van der Waals surface area contributed by atoms with Crippen molar-refractivity contribution in [3.8, 4) is 0 Å². The Kier molecular flexibility index (Phi) is 4.19. The molecule has 2 aromatic rings. The van der Waals surface area contributed by atoms with Crippen molar-refractivity contribution in [2.24, 2.45) is 0 Å². The number of hydrogen-bond acceptors (Lipinski definition) is 4. The summed E-state index contributed by atoms with van der Waals surface area (Å²) < 4.78 is 32.1. The van der Waals surface area contributed by atoms with Gasteiger partial charge in [-0.15, -0.1) is 0 Å². The smallest absolute Gasteiger partial charge is 0.295 e. The maximum Gasteiger partial charge on any atom is 0.295 e. The van der Waals surface area contributed by atoms with Crippen molar-refractivity contribution in [2.75, 3.05) is 4.72 Å². The first kappa shape index (κ1) is 14.4. The molecule has 0 unspecified atom stereocenters. The number of aliphatic hydroxyl groups excluding tert-OH is 1. The normalized spacial score (nSPS) is 11.5. The van der Waals surface area contributed by atoms with Gasteiger partial charge in [-0.2, -0.15) is 8.42 Å². The van der Waals surface area contributed by atoms with Gasteiger partial charge in [-0.3, -0.25) is 4.72 Å². The van der Waals surface area contributed by atoms with Crippen molar-refractivity contribution in [3.63, 3.8) is 0 Å². The second-order valence-corrected chi connectivity index (χ2v) is 6.54. The molecule has 0 saturated heterocycles. The summed E-state index contributed by atoms with van der Waals surface area (Å²) >= 11 is 9.13. The third-order valence-corrected chi connectivity index (χ3v) is 4.29. The molecule has 102 valence electrons. The lowest BCUT2D eigenvalue weighted by Gasteiger charge is -2.08. The number of furan rings is 1. The van der Waals surface area contributed by atoms with E-state index < -0.39 is 10.0 Å². The molecule has 0 radical (unpaired) electrons. The Morgan fingerprint density at radius 3 is 2.68 bits per heavy atom. The SMILES string of the molecule is O=S(=O)(Nc1cc(Br)ccc1Cl)c1ccc(CO)o1. The molecule has 19 heavy (non-hydrogen) atoms. The first-order valence-electron chi connectivity index (χ1n) is 5.10. The zero-order chi connectivity index (χ0) is 14.0. The quantitative estimate of drug-likeness (QED) is 0.872. The van der Waals surface area contributed by atoms with Crippen LogP contribution in [0.5, 0.6) is 0 Å². The Bertz CT molecular complexity index is 698. The fourth-order valence-electron chi connectivity index (χ4n) is 1.36. The molecule has 1 heterocycles. The summed E-state index contributed by atoms with van der Waals surface area (Å²) in [5.74, 6) is 0.167. The van der Waals surface area contributed by atoms with E-state index in [-0.39, 0.29) is 28.2 Å². The van der Waals surface area contributed by atoms with Crippen LogP contribution in [-0.2, 0) is 16.6 Å². The van der Waals surface area contributed by atoms with Gasteiger partial charge in [0.25, 0.3) is 10.0 Å². The van der Waals surface area contributed by atoms with Gasteiger partial charge in [-0.05, 0) is 30.3 Å². The summed E-state index contributed by atoms with van der Waals surface area (Å²) in [5.41, 5.74) is 0.234. The molecule has 0 aliphatic carbocycles. The van der Waals surface area contributed by atoms with Crippen LogP contribution < -0.4 is 4.72 Å². The summed E-state index contributed by atoms with van der Waals surface area (Å²) in [6.45, 7) is -0.368. The number of halogens is 2. The Morgan fingerprint density at radius 2 is 2.05 bits per heavy atom. The Morgan fingerprint density at radius 1 is 1.32 bits per heavy atom. The van der Waals surface area contributed by atoms with Crippen molar-refractivity contribution >= 4 is 43.2 Å². The molecule has 1 aromatic heterocycles. The zero-order valence-corrected chi connectivity index (χ0v) is 12.6. The standard InChI is InChI=1S/C11H9BrClNO4S/c12-7-1-3-9(13)10(5-7)14-19(16,17)11-4-2-8(6-15)18-11/h1-5,14-15H,6H2. The second-order valence-electron chi connectivity index (χ2n) is 3.61. The van der Waals surface area contributed by atoms with Crippen molar-refractivity contribution in [1.82, 2.24) is 0 Å². The van der Waals surface area contributed by atoms with Gasteiger partial charge in [0.2, 0.25) is 5.09 Å². The van der Waals surface area contributed by atoms with E-state index >= 15 is 0 Å². The largest absolute Gasteiger partial charge is 0.445 e. The zero-order valence-electron chi connectivity index (χ0n) is 9.43. The number of anilines is 1. The molecule has 8 heteroatoms. The Balaban J connectivity index is 2.33. The highest BCUT2D eigenvalue weighted by Gasteiger charge is 2.20. The molecule has 0 aliphatic heterocycles. The molecule has 5 nitrogen and oxygen atoms in total. The molecule has 0 saturated carbocycles. The van der Waals surface area contributed by atoms with Crippen LogP contribution in [0, 0.1) is 0 Å². The number of aliphatic hydroxyl groups is 1. The van der Waals surface area contributed by atoms with Crippen LogP contribution in [0.1, 0.15) is 5.76 Å². The molecule has 0 atom stereocenters. The topological polar surface area (TPSA) is 79.5 Å². The van der Waals surface area contributed by atoms with Crippen LogP contribution in [-0.4, -0.2) is 13.5 Å². The third-order valence-electron chi connectivity index (χ3n) is 2.23. The predicted octanol–water partition coefficient (Wildman–Crippen LogP) is 2.99. The molecule has 2 rings (SSSR count). The first-order valence-corrected chi connectivity index (χ1v) is 7.75. The highest BCUT2D eigenvalue weighted by Crippen LogP contribution is 2.28. The summed E-state index contributed by atoms with van der Waals surface area (Å²) in [4.78, 5) is 0. The van der Waals surface area contributed by atoms with Gasteiger partial charge in [0, 0.05) is 4.47 Å². The lowest BCUT2D eigenvalue weighted by Crippen LogP contribution is -2.12. The average molecular weight is 367 g/mol. The molecule has 0 spiro atoms. The molecule has 0 fully saturated rings. The first-order chi connectivity index (χ1) is 8.92. The van der Waals surface area contributed by atoms with Crippen LogP contribution in [0.25, 0.3) is 0 Å². The summed E-state index contributed by atoms with van der Waals surface area (Å²) in [6, 6.07) is 7.44. The molecule has 0 bridgehead atoms. The summed E-state index contributed by atoms with van der Waals surface area (Å²) in [5, 5.41) is 8.83. The summed E-state index contributed by atoms with van der Waals surface area (Å²) in [6.07, 6.45) is 0. The highest BCUT2D eigenvalue weighted by atomic mass is 79.9. The third kappa shape index (κ3) is 3.30. The predicted molar refractivity (Wildman–Crippen MR) is 74.6 cm³/mol. The lowest BCUT2D eigenvalue weighted by atomic mass is 10.3. The van der Waals surface area contributed by atoms with Crippen molar-refractivity contribution in [3.05, 3.63) is 45.6 Å². The lowest BCUT2D eigenvalue weighted by molar-refractivity contribution is 0.236. The number of sulfonamides is 1. The minimum Gasteiger partial charge on any atom is -0.445 e. The fourth-order valence-corrected chi connectivity index (χ4v) is 2.96. The molecule has 0 amide bonds. The van der Waals surface area contributed by atoms with Gasteiger partial charge in [-0.25, -0.2) is 0 Å². The van der Waals surface area contributed by atoms with Crippen LogP contribution in [0.2, 0.25) is 5.02 Å². The Labute approximate surface area is 123 Å². The van der Waals surface area contributed by atoms with E-state index in [1.54, 1.807) is 12.1 Å². The number of rotatable bonds is 4. The fraction of sp³-hybridized carbons (Fsp3) is 0.0909. The van der Waals surface area contributed by atoms with E-state index in [9.17, 15) is 8.42 Å². The maximum absolute atomic E-state index is 12.0. The average Bonchev–Trinajstić information content (AvgIpc) is 2.83. The number of benzene rings is 1. The van der Waals surface area contributed by atoms with Gasteiger partial charge in [0.05, 0.1) is 10.7 Å². The minimum absolute atomic E-state index is 0.167. The van der Waals surface area contributed by atoms with E-state index in [2.05, 4.69) is 20.7 Å². The van der Waals surface area contributed by atoms with E-state index in [1.165, 1.54) is 18.2 Å². The van der Waals surface area contributed by atoms with Crippen molar-refractivity contribution in [1.29, 1.82) is 0 Å². The second kappa shape index (κ2) is 5.54. The highest BCUT2D eigenvalue weighted by molar-refractivity contribution is 9.10. The van der Waals surface area contributed by atoms with Gasteiger partial charge in [0.1, 0.15) is 12.4 Å². The van der Waals surface area contributed by atoms with Crippen LogP contribution in [0.15, 0.2) is 44.3 Å². The molecule has 1 aromatic carbocycles. The molecular weight excluding hydrogens is 358 g/mol. The molecule has 0 aliphatic rings. The van der Waals surface area contributed by atoms with Gasteiger partial charge in [-0.1, -0.05) is 27.5 Å². The van der Waals surface area contributed by atoms with Crippen LogP contribution in [0.4, 0.5) is 5.69 Å². The van der Waals surface area contributed by atoms with Crippen molar-refractivity contribution < 1.29 is 17.9 Å². The van der Waals surface area contributed by atoms with Crippen molar-refractivity contribution in [2.45, 2.75) is 11.7 Å². The van der Waals surface area contributed by atoms with E-state index in [0.717, 1.165) is 0 Å². The molecule has 2 N–H and O–H groups in total. The van der Waals surface area contributed by atoms with E-state index in [1.807, 2.05) is 0 Å².